The maximum Gasteiger partial charge on any atom is 0.270 e. The number of nitro benzene ring substituents is 1. The molecule has 0 unspecified atom stereocenters. The van der Waals surface area contributed by atoms with E-state index in [1.807, 2.05) is 54.6 Å². The number of carbonyl (C=O) groups excluding carboxylic acids is 2. The summed E-state index contributed by atoms with van der Waals surface area (Å²) in [4.78, 5) is 40.5. The number of morpholine rings is 1. The van der Waals surface area contributed by atoms with Crippen molar-refractivity contribution in [3.8, 4) is 0 Å². The van der Waals surface area contributed by atoms with E-state index in [-0.39, 0.29) is 17.5 Å². The fraction of sp³-hybridized carbons (Fsp3) is 0.214. The van der Waals surface area contributed by atoms with E-state index in [4.69, 9.17) is 4.74 Å². The summed E-state index contributed by atoms with van der Waals surface area (Å²) >= 11 is 0. The highest BCUT2D eigenvalue weighted by Crippen LogP contribution is 2.39. The van der Waals surface area contributed by atoms with E-state index in [0.29, 0.717) is 48.0 Å². The van der Waals surface area contributed by atoms with Crippen LogP contribution in [-0.4, -0.2) is 61.5 Å². The molecule has 0 radical (unpaired) electrons. The number of fused-ring (bicyclic) bond motifs is 1. The molecule has 0 aromatic heterocycles. The lowest BCUT2D eigenvalue weighted by Gasteiger charge is -2.28. The molecule has 3 aromatic rings. The fourth-order valence-electron chi connectivity index (χ4n) is 4.51. The molecule has 0 bridgehead atoms. The molecule has 1 saturated heterocycles. The molecular formula is C28H27N5O5. The zero-order chi connectivity index (χ0) is 26.6. The summed E-state index contributed by atoms with van der Waals surface area (Å²) < 4.78 is 5.35. The first kappa shape index (κ1) is 25.1. The van der Waals surface area contributed by atoms with E-state index in [2.05, 4.69) is 15.5 Å². The second-order valence-electron chi connectivity index (χ2n) is 9.07. The molecule has 1 fully saturated rings. The Balaban J connectivity index is 1.44. The molecule has 2 N–H and O–H groups in total. The van der Waals surface area contributed by atoms with Gasteiger partial charge in [-0.1, -0.05) is 30.3 Å². The largest absolute Gasteiger partial charge is 0.379 e. The smallest absolute Gasteiger partial charge is 0.270 e. The van der Waals surface area contributed by atoms with Crippen LogP contribution < -0.4 is 15.5 Å². The lowest BCUT2D eigenvalue weighted by Crippen LogP contribution is -2.43. The average Bonchev–Trinajstić information content (AvgIpc) is 3.27. The second-order valence-corrected chi connectivity index (χ2v) is 9.07. The van der Waals surface area contributed by atoms with Crippen LogP contribution in [0.2, 0.25) is 0 Å². The monoisotopic (exact) mass is 513 g/mol. The van der Waals surface area contributed by atoms with Crippen molar-refractivity contribution in [2.75, 3.05) is 55.4 Å². The van der Waals surface area contributed by atoms with Gasteiger partial charge in [0.1, 0.15) is 0 Å². The Kier molecular flexibility index (Phi) is 7.16. The van der Waals surface area contributed by atoms with Crippen molar-refractivity contribution < 1.29 is 19.2 Å². The molecule has 5 rings (SSSR count). The number of rotatable bonds is 7. The number of carbonyl (C=O) groups is 2. The maximum atomic E-state index is 13.1. The van der Waals surface area contributed by atoms with Gasteiger partial charge >= 0.3 is 0 Å². The Hall–Kier alpha value is -4.54. The Bertz CT molecular complexity index is 1400. The third-order valence-electron chi connectivity index (χ3n) is 6.63. The van der Waals surface area contributed by atoms with Gasteiger partial charge in [-0.25, -0.2) is 0 Å². The molecule has 0 aliphatic carbocycles. The number of likely N-dealkylation sites (N-methyl/N-ethyl adjacent to an activating group) is 1. The number of amides is 2. The normalized spacial score (nSPS) is 16.4. The lowest BCUT2D eigenvalue weighted by atomic mass is 9.99. The topological polar surface area (TPSA) is 117 Å². The molecular weight excluding hydrogens is 486 g/mol. The van der Waals surface area contributed by atoms with Gasteiger partial charge in [0.2, 0.25) is 5.91 Å². The predicted molar refractivity (Wildman–Crippen MR) is 146 cm³/mol. The summed E-state index contributed by atoms with van der Waals surface area (Å²) in [6.07, 6.45) is 0. The highest BCUT2D eigenvalue weighted by Gasteiger charge is 2.30. The van der Waals surface area contributed by atoms with Crippen LogP contribution in [0.15, 0.2) is 72.8 Å². The molecule has 0 atom stereocenters. The minimum atomic E-state index is -0.480. The van der Waals surface area contributed by atoms with E-state index < -0.39 is 4.92 Å². The van der Waals surface area contributed by atoms with Gasteiger partial charge in [0.25, 0.3) is 11.6 Å². The average molecular weight is 514 g/mol. The van der Waals surface area contributed by atoms with Crippen LogP contribution in [0, 0.1) is 10.1 Å². The van der Waals surface area contributed by atoms with Gasteiger partial charge in [0.05, 0.1) is 36.0 Å². The molecule has 10 nitrogen and oxygen atoms in total. The first-order valence-corrected chi connectivity index (χ1v) is 12.2. The molecule has 2 aliphatic rings. The number of non-ortho nitro benzene ring substituents is 1. The van der Waals surface area contributed by atoms with Crippen LogP contribution in [-0.2, 0) is 14.3 Å². The molecule has 38 heavy (non-hydrogen) atoms. The van der Waals surface area contributed by atoms with Crippen LogP contribution in [0.5, 0.6) is 0 Å². The Labute approximate surface area is 219 Å². The molecule has 0 saturated carbocycles. The number of nitrogens with one attached hydrogen (secondary N) is 2. The third-order valence-corrected chi connectivity index (χ3v) is 6.63. The van der Waals surface area contributed by atoms with Gasteiger partial charge in [0.15, 0.2) is 0 Å². The number of nitrogens with zero attached hydrogens (tertiary/aromatic N) is 3. The van der Waals surface area contributed by atoms with Crippen molar-refractivity contribution in [2.24, 2.45) is 0 Å². The SMILES string of the molecule is CN(C(=O)CN1CCOCC1)c1ccc(N/C(=C2\C(=O)Nc3ccc([N+](=O)[O-])cc32)c2ccccc2)cc1. The first-order chi connectivity index (χ1) is 18.4. The van der Waals surface area contributed by atoms with Crippen molar-refractivity contribution in [3.63, 3.8) is 0 Å². The Morgan fingerprint density at radius 3 is 2.47 bits per heavy atom. The van der Waals surface area contributed by atoms with E-state index in [9.17, 15) is 19.7 Å². The summed E-state index contributed by atoms with van der Waals surface area (Å²) in [6, 6.07) is 21.0. The molecule has 2 heterocycles. The molecule has 194 valence electrons. The van der Waals surface area contributed by atoms with Crippen molar-refractivity contribution in [2.45, 2.75) is 0 Å². The maximum absolute atomic E-state index is 13.1. The first-order valence-electron chi connectivity index (χ1n) is 12.2. The van der Waals surface area contributed by atoms with Crippen molar-refractivity contribution in [3.05, 3.63) is 94.0 Å². The number of hydrogen-bond donors (Lipinski definition) is 2. The Morgan fingerprint density at radius 1 is 1.08 bits per heavy atom. The number of ether oxygens (including phenoxy) is 1. The number of benzene rings is 3. The third kappa shape index (κ3) is 5.26. The van der Waals surface area contributed by atoms with E-state index in [0.717, 1.165) is 24.3 Å². The summed E-state index contributed by atoms with van der Waals surface area (Å²) in [6.45, 7) is 3.06. The minimum Gasteiger partial charge on any atom is -0.379 e. The van der Waals surface area contributed by atoms with Crippen LogP contribution in [0.25, 0.3) is 11.3 Å². The van der Waals surface area contributed by atoms with Gasteiger partial charge in [-0.15, -0.1) is 0 Å². The van der Waals surface area contributed by atoms with Crippen LogP contribution in [0.4, 0.5) is 22.7 Å². The van der Waals surface area contributed by atoms with Crippen molar-refractivity contribution >= 4 is 45.8 Å². The van der Waals surface area contributed by atoms with E-state index >= 15 is 0 Å². The summed E-state index contributed by atoms with van der Waals surface area (Å²) in [5.74, 6) is -0.363. The van der Waals surface area contributed by atoms with E-state index in [1.54, 1.807) is 18.0 Å². The summed E-state index contributed by atoms with van der Waals surface area (Å²) in [5, 5.41) is 17.5. The van der Waals surface area contributed by atoms with Crippen LogP contribution >= 0.6 is 0 Å². The van der Waals surface area contributed by atoms with Crippen molar-refractivity contribution in [1.82, 2.24) is 4.90 Å². The minimum absolute atomic E-state index is 0.0134. The fourth-order valence-corrected chi connectivity index (χ4v) is 4.51. The molecule has 0 spiro atoms. The predicted octanol–water partition coefficient (Wildman–Crippen LogP) is 3.82. The summed E-state index contributed by atoms with van der Waals surface area (Å²) in [7, 11) is 1.75. The van der Waals surface area contributed by atoms with Gasteiger partial charge in [-0.2, -0.15) is 0 Å². The molecule has 2 amide bonds. The highest BCUT2D eigenvalue weighted by molar-refractivity contribution is 6.37. The van der Waals surface area contributed by atoms with Gasteiger partial charge in [-0.05, 0) is 35.9 Å². The van der Waals surface area contributed by atoms with Crippen molar-refractivity contribution in [1.29, 1.82) is 0 Å². The number of hydrogen-bond acceptors (Lipinski definition) is 7. The molecule has 3 aromatic carbocycles. The van der Waals surface area contributed by atoms with Gasteiger partial charge in [0, 0.05) is 54.9 Å². The van der Waals surface area contributed by atoms with Gasteiger partial charge in [-0.3, -0.25) is 24.6 Å². The quantitative estimate of drug-likeness (QED) is 0.280. The van der Waals surface area contributed by atoms with Gasteiger partial charge < -0.3 is 20.3 Å². The number of anilines is 3. The molecule has 10 heteroatoms. The zero-order valence-corrected chi connectivity index (χ0v) is 20.8. The highest BCUT2D eigenvalue weighted by atomic mass is 16.6. The second kappa shape index (κ2) is 10.8. The number of nitro groups is 1. The summed E-state index contributed by atoms with van der Waals surface area (Å²) in [5.41, 5.74) is 3.90. The zero-order valence-electron chi connectivity index (χ0n) is 20.8. The van der Waals surface area contributed by atoms with Crippen LogP contribution in [0.1, 0.15) is 11.1 Å². The molecule has 2 aliphatic heterocycles. The standard InChI is InChI=1S/C28H27N5O5/c1-31(25(34)18-32-13-15-38-16-14-32)21-9-7-20(8-10-21)29-27(19-5-3-2-4-6-19)26-23-17-22(33(36)37)11-12-24(23)30-28(26)35/h2-12,17,29H,13-16,18H2,1H3,(H,30,35)/b27-26-. The lowest BCUT2D eigenvalue weighted by molar-refractivity contribution is -0.384. The van der Waals surface area contributed by atoms with E-state index in [1.165, 1.54) is 12.1 Å². The Morgan fingerprint density at radius 2 is 1.79 bits per heavy atom. The van der Waals surface area contributed by atoms with Crippen LogP contribution in [0.3, 0.4) is 0 Å².